The molecule has 1 aliphatic rings. The minimum absolute atomic E-state index is 0.0618. The van der Waals surface area contributed by atoms with E-state index in [1.54, 1.807) is 29.9 Å². The number of fused-ring (bicyclic) bond motifs is 4. The highest BCUT2D eigenvalue weighted by Crippen LogP contribution is 2.34. The number of halogens is 3. The molecule has 0 aliphatic carbocycles. The molecule has 12 heteroatoms. The Morgan fingerprint density at radius 2 is 2.08 bits per heavy atom. The Morgan fingerprint density at radius 1 is 1.31 bits per heavy atom. The van der Waals surface area contributed by atoms with Crippen LogP contribution in [0.25, 0.3) is 16.6 Å². The Labute approximate surface area is 203 Å². The van der Waals surface area contributed by atoms with Crippen molar-refractivity contribution in [3.8, 4) is 0 Å². The number of nitrogens with zero attached hydrogens (tertiary/aromatic N) is 5. The number of carbonyl (C=O) groups excluding carboxylic acids is 1. The number of pyridine rings is 1. The van der Waals surface area contributed by atoms with Crippen LogP contribution in [0.15, 0.2) is 30.6 Å². The molecule has 2 N–H and O–H groups in total. The summed E-state index contributed by atoms with van der Waals surface area (Å²) in [7, 11) is 3.10. The number of anilines is 1. The molecule has 4 aromatic rings. The van der Waals surface area contributed by atoms with Crippen LogP contribution in [0.5, 0.6) is 0 Å². The lowest BCUT2D eigenvalue weighted by Crippen LogP contribution is -2.37. The first kappa shape index (κ1) is 23.9. The van der Waals surface area contributed by atoms with Crippen molar-refractivity contribution in [1.82, 2.24) is 24.3 Å². The quantitative estimate of drug-likeness (QED) is 0.456. The highest BCUT2D eigenvalue weighted by Gasteiger charge is 2.36. The van der Waals surface area contributed by atoms with Crippen LogP contribution < -0.4 is 5.73 Å². The molecule has 1 aliphatic heterocycles. The van der Waals surface area contributed by atoms with Crippen LogP contribution in [-0.4, -0.2) is 50.9 Å². The van der Waals surface area contributed by atoms with Crippen molar-refractivity contribution in [3.63, 3.8) is 0 Å². The summed E-state index contributed by atoms with van der Waals surface area (Å²) in [5, 5.41) is 0. The minimum Gasteiger partial charge on any atom is -0.382 e. The Balaban J connectivity index is 1.59. The number of imidazole rings is 1. The first-order valence-electron chi connectivity index (χ1n) is 11.1. The summed E-state index contributed by atoms with van der Waals surface area (Å²) in [6.07, 6.45) is -2.95. The molecule has 0 radical (unpaired) electrons. The zero-order valence-electron chi connectivity index (χ0n) is 19.8. The molecule has 1 aromatic carbocycles. The summed E-state index contributed by atoms with van der Waals surface area (Å²) in [4.78, 5) is 27.8. The molecule has 4 heterocycles. The highest BCUT2D eigenvalue weighted by atomic mass is 19.4. The molecular formula is C24H23F3N6O3. The van der Waals surface area contributed by atoms with E-state index in [1.165, 1.54) is 18.1 Å². The number of aryl methyl sites for hydroxylation is 1. The van der Waals surface area contributed by atoms with Crippen molar-refractivity contribution in [1.29, 1.82) is 0 Å². The summed E-state index contributed by atoms with van der Waals surface area (Å²) in [5.41, 5.74) is 9.33. The van der Waals surface area contributed by atoms with E-state index in [0.717, 1.165) is 6.07 Å². The summed E-state index contributed by atoms with van der Waals surface area (Å²) >= 11 is 0. The van der Waals surface area contributed by atoms with Crippen molar-refractivity contribution >= 4 is 28.3 Å². The van der Waals surface area contributed by atoms with Crippen molar-refractivity contribution in [2.75, 3.05) is 26.5 Å². The normalized spacial score (nSPS) is 15.9. The van der Waals surface area contributed by atoms with Gasteiger partial charge in [0, 0.05) is 25.3 Å². The highest BCUT2D eigenvalue weighted by molar-refractivity contribution is 6.00. The number of aromatic nitrogens is 4. The van der Waals surface area contributed by atoms with Gasteiger partial charge in [0.05, 0.1) is 48.3 Å². The third-order valence-electron chi connectivity index (χ3n) is 6.39. The van der Waals surface area contributed by atoms with Gasteiger partial charge in [-0.1, -0.05) is 6.07 Å². The van der Waals surface area contributed by atoms with Gasteiger partial charge in [-0.25, -0.2) is 15.0 Å². The maximum absolute atomic E-state index is 13.8. The fraction of sp³-hybridized carbons (Fsp3) is 0.333. The topological polar surface area (TPSA) is 108 Å². The van der Waals surface area contributed by atoms with E-state index in [0.29, 0.717) is 44.8 Å². The molecule has 1 atom stereocenters. The van der Waals surface area contributed by atoms with Gasteiger partial charge in [0.1, 0.15) is 23.4 Å². The van der Waals surface area contributed by atoms with E-state index in [9.17, 15) is 18.0 Å². The lowest BCUT2D eigenvalue weighted by Gasteiger charge is -2.33. The molecule has 36 heavy (non-hydrogen) atoms. The second-order valence-electron chi connectivity index (χ2n) is 8.65. The lowest BCUT2D eigenvalue weighted by molar-refractivity contribution is -0.141. The van der Waals surface area contributed by atoms with E-state index in [2.05, 4.69) is 15.0 Å². The Morgan fingerprint density at radius 3 is 2.81 bits per heavy atom. The molecule has 3 aromatic heterocycles. The van der Waals surface area contributed by atoms with E-state index < -0.39 is 17.9 Å². The van der Waals surface area contributed by atoms with Crippen LogP contribution in [0.4, 0.5) is 19.0 Å². The van der Waals surface area contributed by atoms with Crippen LogP contribution in [-0.2, 0) is 28.9 Å². The summed E-state index contributed by atoms with van der Waals surface area (Å²) < 4.78 is 52.1. The number of hydrogen-bond donors (Lipinski definition) is 1. The molecule has 188 valence electrons. The minimum atomic E-state index is -4.57. The summed E-state index contributed by atoms with van der Waals surface area (Å²) in [6.45, 7) is 2.02. The maximum atomic E-state index is 13.8. The monoisotopic (exact) mass is 500 g/mol. The Hall–Kier alpha value is -3.77. The van der Waals surface area contributed by atoms with Crippen LogP contribution in [0.3, 0.4) is 0 Å². The van der Waals surface area contributed by atoms with Gasteiger partial charge in [-0.15, -0.1) is 0 Å². The van der Waals surface area contributed by atoms with E-state index in [1.807, 2.05) is 6.92 Å². The molecule has 0 bridgehead atoms. The van der Waals surface area contributed by atoms with Crippen LogP contribution in [0.2, 0.25) is 0 Å². The van der Waals surface area contributed by atoms with Crippen LogP contribution in [0.1, 0.15) is 44.6 Å². The number of likely N-dealkylation sites (N-methyl/N-ethyl adjacent to an activating group) is 1. The number of hydrogen-bond acceptors (Lipinski definition) is 7. The lowest BCUT2D eigenvalue weighted by atomic mass is 9.99. The van der Waals surface area contributed by atoms with Crippen molar-refractivity contribution in [3.05, 3.63) is 64.4 Å². The van der Waals surface area contributed by atoms with Gasteiger partial charge < -0.3 is 20.1 Å². The fourth-order valence-corrected chi connectivity index (χ4v) is 4.59. The molecule has 0 saturated heterocycles. The maximum Gasteiger partial charge on any atom is 0.433 e. The number of ether oxygens (including phenoxy) is 2. The zero-order valence-corrected chi connectivity index (χ0v) is 19.8. The third-order valence-corrected chi connectivity index (χ3v) is 6.39. The van der Waals surface area contributed by atoms with Gasteiger partial charge in [-0.05, 0) is 30.7 Å². The van der Waals surface area contributed by atoms with Gasteiger partial charge in [0.2, 0.25) is 0 Å². The van der Waals surface area contributed by atoms with Crippen LogP contribution >= 0.6 is 0 Å². The smallest absolute Gasteiger partial charge is 0.382 e. The number of nitrogen functional groups attached to an aromatic ring is 1. The number of nitrogens with two attached hydrogens (primary N) is 1. The number of carbonyl (C=O) groups is 1. The molecular weight excluding hydrogens is 477 g/mol. The first-order chi connectivity index (χ1) is 17.1. The molecule has 0 fully saturated rings. The second-order valence-corrected chi connectivity index (χ2v) is 8.65. The van der Waals surface area contributed by atoms with Gasteiger partial charge >= 0.3 is 6.18 Å². The summed E-state index contributed by atoms with van der Waals surface area (Å²) in [5.74, 6) is -0.0362. The van der Waals surface area contributed by atoms with Gasteiger partial charge in [-0.3, -0.25) is 9.20 Å². The van der Waals surface area contributed by atoms with E-state index >= 15 is 0 Å². The standard InChI is InChI=1S/C24H23F3N6O3/c1-12-21-22(28)31-16-6-13(8-35-3)15(7-18(16)33(21)11-29-12)23(34)32(2)19-10-36-9-17-14(19)4-5-20(30-17)24(25,26)27/h4-7,11,19H,8-10H2,1-3H3,(H2,28,31). The van der Waals surface area contributed by atoms with Crippen molar-refractivity contribution < 1.29 is 27.4 Å². The number of methoxy groups -OCH3 is 1. The molecule has 1 unspecified atom stereocenters. The summed E-state index contributed by atoms with van der Waals surface area (Å²) in [6, 6.07) is 5.12. The average Bonchev–Trinajstić information content (AvgIpc) is 3.24. The molecule has 1 amide bonds. The number of amides is 1. The molecule has 0 spiro atoms. The fourth-order valence-electron chi connectivity index (χ4n) is 4.59. The average molecular weight is 500 g/mol. The Kier molecular flexibility index (Phi) is 5.80. The van der Waals surface area contributed by atoms with Gasteiger partial charge in [0.15, 0.2) is 0 Å². The van der Waals surface area contributed by atoms with Gasteiger partial charge in [-0.2, -0.15) is 13.2 Å². The van der Waals surface area contributed by atoms with Crippen LogP contribution in [0, 0.1) is 6.92 Å². The van der Waals surface area contributed by atoms with Crippen molar-refractivity contribution in [2.24, 2.45) is 0 Å². The zero-order chi connectivity index (χ0) is 25.8. The molecule has 5 rings (SSSR count). The van der Waals surface area contributed by atoms with Gasteiger partial charge in [0.25, 0.3) is 5.91 Å². The largest absolute Gasteiger partial charge is 0.433 e. The number of alkyl halides is 3. The second kappa shape index (κ2) is 8.71. The Bertz CT molecular complexity index is 1500. The molecule has 9 nitrogen and oxygen atoms in total. The number of benzene rings is 1. The van der Waals surface area contributed by atoms with E-state index in [-0.39, 0.29) is 31.4 Å². The predicted molar refractivity (Wildman–Crippen MR) is 124 cm³/mol. The SMILES string of the molecule is COCc1cc2nc(N)c3c(C)ncn3c2cc1C(=O)N(C)C1COCc2nc(C(F)(F)F)ccc21. The third kappa shape index (κ3) is 3.91. The van der Waals surface area contributed by atoms with E-state index in [4.69, 9.17) is 15.2 Å². The van der Waals surface area contributed by atoms with Crippen molar-refractivity contribution in [2.45, 2.75) is 32.4 Å². The first-order valence-corrected chi connectivity index (χ1v) is 11.1. The predicted octanol–water partition coefficient (Wildman–Crippen LogP) is 3.68. The number of rotatable bonds is 4. The molecule has 0 saturated carbocycles.